The Morgan fingerprint density at radius 2 is 1.65 bits per heavy atom. The zero-order chi connectivity index (χ0) is 19.2. The zero-order valence-corrected chi connectivity index (χ0v) is 15.7. The molecule has 0 aliphatic rings. The predicted octanol–water partition coefficient (Wildman–Crippen LogP) is 2.50. The van der Waals surface area contributed by atoms with Crippen LogP contribution in [0.1, 0.15) is 18.1 Å². The number of nitrogens with zero attached hydrogens (tertiary/aromatic N) is 1. The summed E-state index contributed by atoms with van der Waals surface area (Å²) in [6, 6.07) is 12.7. The molecular formula is C19H23FN2O3S. The van der Waals surface area contributed by atoms with Gasteiger partial charge in [-0.1, -0.05) is 29.8 Å². The molecule has 0 spiro atoms. The van der Waals surface area contributed by atoms with Gasteiger partial charge in [-0.05, 0) is 43.2 Å². The zero-order valence-electron chi connectivity index (χ0n) is 14.9. The maximum atomic E-state index is 12.9. The van der Waals surface area contributed by atoms with Crippen LogP contribution in [-0.2, 0) is 21.2 Å². The van der Waals surface area contributed by atoms with Crippen molar-refractivity contribution in [1.29, 1.82) is 0 Å². The van der Waals surface area contributed by atoms with Crippen LogP contribution in [0.3, 0.4) is 0 Å². The topological polar surface area (TPSA) is 66.5 Å². The monoisotopic (exact) mass is 378 g/mol. The van der Waals surface area contributed by atoms with Crippen molar-refractivity contribution in [3.05, 3.63) is 65.5 Å². The van der Waals surface area contributed by atoms with Crippen LogP contribution >= 0.6 is 0 Å². The molecule has 0 fully saturated rings. The summed E-state index contributed by atoms with van der Waals surface area (Å²) in [6.45, 7) is 4.16. The van der Waals surface area contributed by atoms with E-state index in [1.807, 2.05) is 6.92 Å². The Labute approximate surface area is 153 Å². The summed E-state index contributed by atoms with van der Waals surface area (Å²) in [5.74, 6) is -0.440. The maximum Gasteiger partial charge on any atom is 0.240 e. The number of hydrogen-bond acceptors (Lipinski definition) is 3. The highest BCUT2D eigenvalue weighted by atomic mass is 32.2. The fraction of sp³-hybridized carbons (Fsp3) is 0.316. The van der Waals surface area contributed by atoms with E-state index < -0.39 is 10.0 Å². The first-order valence-electron chi connectivity index (χ1n) is 8.34. The van der Waals surface area contributed by atoms with E-state index in [-0.39, 0.29) is 29.7 Å². The summed E-state index contributed by atoms with van der Waals surface area (Å²) in [4.78, 5) is 13.5. The Hall–Kier alpha value is -2.25. The van der Waals surface area contributed by atoms with Crippen molar-refractivity contribution in [2.24, 2.45) is 0 Å². The lowest BCUT2D eigenvalue weighted by atomic mass is 10.1. The second kappa shape index (κ2) is 8.91. The summed E-state index contributed by atoms with van der Waals surface area (Å²) in [7, 11) is -3.60. The van der Waals surface area contributed by atoms with Gasteiger partial charge < -0.3 is 4.90 Å². The first kappa shape index (κ1) is 20.1. The van der Waals surface area contributed by atoms with Crippen molar-refractivity contribution in [1.82, 2.24) is 9.62 Å². The minimum absolute atomic E-state index is 0.124. The van der Waals surface area contributed by atoms with Crippen molar-refractivity contribution in [3.8, 4) is 0 Å². The number of carbonyl (C=O) groups is 1. The molecule has 0 aliphatic heterocycles. The molecule has 0 saturated heterocycles. The van der Waals surface area contributed by atoms with Crippen LogP contribution in [0, 0.1) is 12.7 Å². The first-order chi connectivity index (χ1) is 12.3. The molecular weight excluding hydrogens is 355 g/mol. The smallest absolute Gasteiger partial charge is 0.240 e. The predicted molar refractivity (Wildman–Crippen MR) is 98.7 cm³/mol. The van der Waals surface area contributed by atoms with Crippen LogP contribution in [0.4, 0.5) is 4.39 Å². The number of carbonyl (C=O) groups excluding carboxylic acids is 1. The van der Waals surface area contributed by atoms with Gasteiger partial charge in [-0.25, -0.2) is 17.5 Å². The molecule has 0 atom stereocenters. The van der Waals surface area contributed by atoms with Crippen LogP contribution < -0.4 is 4.72 Å². The van der Waals surface area contributed by atoms with E-state index in [0.29, 0.717) is 13.0 Å². The molecule has 0 unspecified atom stereocenters. The molecule has 26 heavy (non-hydrogen) atoms. The molecule has 0 saturated carbocycles. The molecule has 0 aliphatic carbocycles. The first-order valence-corrected chi connectivity index (χ1v) is 9.82. The standard InChI is InChI=1S/C19H23FN2O3S/c1-15-3-9-19(10-4-15)26(24,25)21-12-14-22(16(2)23)13-11-17-5-7-18(20)8-6-17/h3-10,21H,11-14H2,1-2H3. The highest BCUT2D eigenvalue weighted by Crippen LogP contribution is 2.10. The van der Waals surface area contributed by atoms with E-state index in [1.54, 1.807) is 41.3 Å². The molecule has 2 aromatic rings. The minimum atomic E-state index is -3.60. The van der Waals surface area contributed by atoms with Crippen molar-refractivity contribution < 1.29 is 17.6 Å². The average molecular weight is 378 g/mol. The van der Waals surface area contributed by atoms with Crippen molar-refractivity contribution in [2.45, 2.75) is 25.2 Å². The van der Waals surface area contributed by atoms with Crippen molar-refractivity contribution >= 4 is 15.9 Å². The van der Waals surface area contributed by atoms with Gasteiger partial charge in [-0.15, -0.1) is 0 Å². The summed E-state index contributed by atoms with van der Waals surface area (Å²) < 4.78 is 40.0. The van der Waals surface area contributed by atoms with Crippen LogP contribution in [-0.4, -0.2) is 38.9 Å². The molecule has 140 valence electrons. The van der Waals surface area contributed by atoms with Gasteiger partial charge >= 0.3 is 0 Å². The summed E-state index contributed by atoms with van der Waals surface area (Å²) >= 11 is 0. The quantitative estimate of drug-likeness (QED) is 0.768. The molecule has 0 bridgehead atoms. The number of aryl methyl sites for hydroxylation is 1. The Morgan fingerprint density at radius 3 is 2.23 bits per heavy atom. The third kappa shape index (κ3) is 5.93. The van der Waals surface area contributed by atoms with Gasteiger partial charge in [-0.3, -0.25) is 4.79 Å². The molecule has 1 amide bonds. The van der Waals surface area contributed by atoms with Gasteiger partial charge in [0.25, 0.3) is 0 Å². The van der Waals surface area contributed by atoms with Crippen LogP contribution in [0.25, 0.3) is 0 Å². The number of nitrogens with one attached hydrogen (secondary N) is 1. The number of halogens is 1. The average Bonchev–Trinajstić information content (AvgIpc) is 2.59. The molecule has 0 aromatic heterocycles. The molecule has 0 heterocycles. The lowest BCUT2D eigenvalue weighted by Gasteiger charge is -2.21. The van der Waals surface area contributed by atoms with Gasteiger partial charge in [0.15, 0.2) is 0 Å². The lowest BCUT2D eigenvalue weighted by Crippen LogP contribution is -2.38. The molecule has 0 radical (unpaired) electrons. The fourth-order valence-electron chi connectivity index (χ4n) is 2.46. The molecule has 2 aromatic carbocycles. The molecule has 5 nitrogen and oxygen atoms in total. The summed E-state index contributed by atoms with van der Waals surface area (Å²) in [6.07, 6.45) is 0.574. The highest BCUT2D eigenvalue weighted by molar-refractivity contribution is 7.89. The SMILES string of the molecule is CC(=O)N(CCNS(=O)(=O)c1ccc(C)cc1)CCc1ccc(F)cc1. The van der Waals surface area contributed by atoms with E-state index in [0.717, 1.165) is 11.1 Å². The van der Waals surface area contributed by atoms with Crippen LogP contribution in [0.5, 0.6) is 0 Å². The molecule has 2 rings (SSSR count). The number of benzene rings is 2. The van der Waals surface area contributed by atoms with E-state index in [4.69, 9.17) is 0 Å². The third-order valence-electron chi connectivity index (χ3n) is 4.03. The van der Waals surface area contributed by atoms with Crippen LogP contribution in [0.15, 0.2) is 53.4 Å². The van der Waals surface area contributed by atoms with E-state index in [2.05, 4.69) is 4.72 Å². The number of hydrogen-bond donors (Lipinski definition) is 1. The minimum Gasteiger partial charge on any atom is -0.341 e. The number of sulfonamides is 1. The van der Waals surface area contributed by atoms with Gasteiger partial charge in [0.05, 0.1) is 4.90 Å². The fourth-order valence-corrected chi connectivity index (χ4v) is 3.48. The Balaban J connectivity index is 1.88. The van der Waals surface area contributed by atoms with Gasteiger partial charge in [-0.2, -0.15) is 0 Å². The second-order valence-corrected chi connectivity index (χ2v) is 7.86. The van der Waals surface area contributed by atoms with Crippen LogP contribution in [0.2, 0.25) is 0 Å². The Kier molecular flexibility index (Phi) is 6.88. The second-order valence-electron chi connectivity index (χ2n) is 6.09. The normalized spacial score (nSPS) is 11.3. The summed E-state index contributed by atoms with van der Waals surface area (Å²) in [5, 5.41) is 0. The van der Waals surface area contributed by atoms with E-state index in [9.17, 15) is 17.6 Å². The van der Waals surface area contributed by atoms with E-state index in [1.165, 1.54) is 19.1 Å². The van der Waals surface area contributed by atoms with Crippen molar-refractivity contribution in [2.75, 3.05) is 19.6 Å². The van der Waals surface area contributed by atoms with Gasteiger partial charge in [0.1, 0.15) is 5.82 Å². The largest absolute Gasteiger partial charge is 0.341 e. The maximum absolute atomic E-state index is 12.9. The summed E-state index contributed by atoms with van der Waals surface area (Å²) in [5.41, 5.74) is 1.89. The third-order valence-corrected chi connectivity index (χ3v) is 5.51. The molecule has 1 N–H and O–H groups in total. The van der Waals surface area contributed by atoms with Gasteiger partial charge in [0.2, 0.25) is 15.9 Å². The van der Waals surface area contributed by atoms with E-state index >= 15 is 0 Å². The Morgan fingerprint density at radius 1 is 1.04 bits per heavy atom. The number of rotatable bonds is 8. The van der Waals surface area contributed by atoms with Crippen molar-refractivity contribution in [3.63, 3.8) is 0 Å². The van der Waals surface area contributed by atoms with Gasteiger partial charge in [0, 0.05) is 26.6 Å². The number of amides is 1. The molecule has 7 heteroatoms. The lowest BCUT2D eigenvalue weighted by molar-refractivity contribution is -0.128. The Bertz CT molecular complexity index is 834. The highest BCUT2D eigenvalue weighted by Gasteiger charge is 2.15.